The molecule has 0 saturated heterocycles. The Morgan fingerprint density at radius 3 is 2.58 bits per heavy atom. The van der Waals surface area contributed by atoms with Gasteiger partial charge in [-0.3, -0.25) is 4.79 Å². The number of halogens is 1. The van der Waals surface area contributed by atoms with Crippen molar-refractivity contribution in [1.29, 1.82) is 0 Å². The molecule has 5 nitrogen and oxygen atoms in total. The Morgan fingerprint density at radius 2 is 1.82 bits per heavy atom. The molecule has 0 fully saturated rings. The third-order valence-corrected chi connectivity index (χ3v) is 5.82. The average molecular weight is 439 g/mol. The highest BCUT2D eigenvalue weighted by molar-refractivity contribution is 5.83. The van der Waals surface area contributed by atoms with Gasteiger partial charge in [-0.1, -0.05) is 66.2 Å². The number of pyridine rings is 1. The molecule has 2 aromatic heterocycles. The van der Waals surface area contributed by atoms with E-state index in [0.29, 0.717) is 16.8 Å². The van der Waals surface area contributed by atoms with Crippen LogP contribution in [0.1, 0.15) is 23.6 Å². The first-order valence-electron chi connectivity index (χ1n) is 10.8. The monoisotopic (exact) mass is 439 g/mol. The minimum absolute atomic E-state index is 0.140. The molecule has 5 rings (SSSR count). The van der Waals surface area contributed by atoms with E-state index >= 15 is 0 Å². The van der Waals surface area contributed by atoms with Crippen LogP contribution in [0.4, 0.5) is 4.39 Å². The predicted molar refractivity (Wildman–Crippen MR) is 127 cm³/mol. The van der Waals surface area contributed by atoms with Gasteiger partial charge in [-0.2, -0.15) is 4.98 Å². The molecule has 0 N–H and O–H groups in total. The first-order valence-corrected chi connectivity index (χ1v) is 10.8. The van der Waals surface area contributed by atoms with Crippen LogP contribution in [0.2, 0.25) is 0 Å². The Morgan fingerprint density at radius 1 is 1.03 bits per heavy atom. The number of benzene rings is 3. The Labute approximate surface area is 190 Å². The standard InChI is InChI=1S/C27H22FN3O2/c1-3-18-10-13-24-21(14-18)25(32)22(16-31(24)15-20-6-4-5-7-23(20)28)27-29-26(30-33-27)19-11-8-17(2)9-12-19/h4-14,16H,3,15H2,1-2H3. The van der Waals surface area contributed by atoms with Gasteiger partial charge in [-0.05, 0) is 37.1 Å². The zero-order valence-corrected chi connectivity index (χ0v) is 18.4. The Balaban J connectivity index is 1.67. The van der Waals surface area contributed by atoms with Crippen molar-refractivity contribution in [2.75, 3.05) is 0 Å². The number of hydrogen-bond acceptors (Lipinski definition) is 4. The third kappa shape index (κ3) is 3.96. The fourth-order valence-corrected chi connectivity index (χ4v) is 3.91. The fraction of sp³-hybridized carbons (Fsp3) is 0.148. The lowest BCUT2D eigenvalue weighted by atomic mass is 10.1. The van der Waals surface area contributed by atoms with Crippen molar-refractivity contribution in [2.24, 2.45) is 0 Å². The van der Waals surface area contributed by atoms with E-state index in [2.05, 4.69) is 10.1 Å². The smallest absolute Gasteiger partial charge is 0.263 e. The van der Waals surface area contributed by atoms with Crippen molar-refractivity contribution in [3.05, 3.63) is 106 Å². The second-order valence-corrected chi connectivity index (χ2v) is 8.09. The molecule has 0 radical (unpaired) electrons. The summed E-state index contributed by atoms with van der Waals surface area (Å²) >= 11 is 0. The molecule has 0 aliphatic heterocycles. The molecular formula is C27H22FN3O2. The summed E-state index contributed by atoms with van der Waals surface area (Å²) in [7, 11) is 0. The van der Waals surface area contributed by atoms with Gasteiger partial charge >= 0.3 is 0 Å². The van der Waals surface area contributed by atoms with Crippen LogP contribution in [0, 0.1) is 12.7 Å². The molecule has 2 heterocycles. The van der Waals surface area contributed by atoms with Crippen LogP contribution in [0.5, 0.6) is 0 Å². The van der Waals surface area contributed by atoms with Crippen LogP contribution in [-0.4, -0.2) is 14.7 Å². The van der Waals surface area contributed by atoms with Gasteiger partial charge in [0, 0.05) is 22.7 Å². The van der Waals surface area contributed by atoms with Crippen LogP contribution in [-0.2, 0) is 13.0 Å². The molecule has 164 valence electrons. The van der Waals surface area contributed by atoms with E-state index in [1.165, 1.54) is 6.07 Å². The number of aromatic nitrogens is 3. The van der Waals surface area contributed by atoms with Crippen molar-refractivity contribution < 1.29 is 8.91 Å². The quantitative estimate of drug-likeness (QED) is 0.348. The second-order valence-electron chi connectivity index (χ2n) is 8.09. The largest absolute Gasteiger partial charge is 0.342 e. The number of rotatable bonds is 5. The molecule has 0 unspecified atom stereocenters. The zero-order chi connectivity index (χ0) is 22.9. The Kier molecular flexibility index (Phi) is 5.34. The van der Waals surface area contributed by atoms with Crippen LogP contribution >= 0.6 is 0 Å². The third-order valence-electron chi connectivity index (χ3n) is 5.82. The van der Waals surface area contributed by atoms with E-state index in [0.717, 1.165) is 28.6 Å². The minimum Gasteiger partial charge on any atom is -0.342 e. The van der Waals surface area contributed by atoms with Gasteiger partial charge in [-0.25, -0.2) is 4.39 Å². The molecule has 0 spiro atoms. The number of hydrogen-bond donors (Lipinski definition) is 0. The topological polar surface area (TPSA) is 60.9 Å². The minimum atomic E-state index is -0.296. The molecule has 0 saturated carbocycles. The lowest BCUT2D eigenvalue weighted by Crippen LogP contribution is -2.14. The first kappa shape index (κ1) is 20.8. The van der Waals surface area contributed by atoms with Crippen molar-refractivity contribution in [2.45, 2.75) is 26.8 Å². The molecular weight excluding hydrogens is 417 g/mol. The molecule has 3 aromatic carbocycles. The van der Waals surface area contributed by atoms with Gasteiger partial charge in [0.25, 0.3) is 5.89 Å². The highest BCUT2D eigenvalue weighted by atomic mass is 19.1. The van der Waals surface area contributed by atoms with Crippen molar-refractivity contribution in [3.8, 4) is 22.8 Å². The predicted octanol–water partition coefficient (Wildman–Crippen LogP) is 5.78. The van der Waals surface area contributed by atoms with Gasteiger partial charge in [0.05, 0.1) is 12.1 Å². The van der Waals surface area contributed by atoms with Gasteiger partial charge < -0.3 is 9.09 Å². The van der Waals surface area contributed by atoms with Crippen molar-refractivity contribution in [3.63, 3.8) is 0 Å². The summed E-state index contributed by atoms with van der Waals surface area (Å²) in [5.41, 5.74) is 4.32. The van der Waals surface area contributed by atoms with Gasteiger partial charge in [-0.15, -0.1) is 0 Å². The van der Waals surface area contributed by atoms with E-state index in [9.17, 15) is 9.18 Å². The summed E-state index contributed by atoms with van der Waals surface area (Å²) in [6.07, 6.45) is 2.47. The maximum absolute atomic E-state index is 14.4. The van der Waals surface area contributed by atoms with E-state index < -0.39 is 0 Å². The summed E-state index contributed by atoms with van der Waals surface area (Å²) in [6, 6.07) is 20.2. The van der Waals surface area contributed by atoms with E-state index in [4.69, 9.17) is 4.52 Å². The molecule has 0 aliphatic carbocycles. The average Bonchev–Trinajstić information content (AvgIpc) is 3.32. The second kappa shape index (κ2) is 8.47. The highest BCUT2D eigenvalue weighted by Crippen LogP contribution is 2.24. The molecule has 0 aliphatic rings. The van der Waals surface area contributed by atoms with Crippen LogP contribution in [0.3, 0.4) is 0 Å². The maximum atomic E-state index is 14.4. The van der Waals surface area contributed by atoms with E-state index in [-0.39, 0.29) is 29.2 Å². The first-order chi connectivity index (χ1) is 16.0. The number of nitrogens with zero attached hydrogens (tertiary/aromatic N) is 3. The zero-order valence-electron chi connectivity index (χ0n) is 18.4. The number of aryl methyl sites for hydroxylation is 2. The molecule has 0 bridgehead atoms. The SMILES string of the molecule is CCc1ccc2c(c1)c(=O)c(-c1nc(-c3ccc(C)cc3)no1)cn2Cc1ccccc1F. The molecule has 6 heteroatoms. The molecule has 0 amide bonds. The molecule has 0 atom stereocenters. The normalized spacial score (nSPS) is 11.2. The van der Waals surface area contributed by atoms with Gasteiger partial charge in [0.1, 0.15) is 11.4 Å². The summed E-state index contributed by atoms with van der Waals surface area (Å²) < 4.78 is 21.8. The number of fused-ring (bicyclic) bond motifs is 1. The van der Waals surface area contributed by atoms with Crippen molar-refractivity contribution in [1.82, 2.24) is 14.7 Å². The molecule has 33 heavy (non-hydrogen) atoms. The van der Waals surface area contributed by atoms with Gasteiger partial charge in [0.15, 0.2) is 0 Å². The summed E-state index contributed by atoms with van der Waals surface area (Å²) in [6.45, 7) is 4.30. The summed E-state index contributed by atoms with van der Waals surface area (Å²) in [4.78, 5) is 17.9. The Hall–Kier alpha value is -4.06. The lowest BCUT2D eigenvalue weighted by molar-refractivity contribution is 0.431. The highest BCUT2D eigenvalue weighted by Gasteiger charge is 2.18. The van der Waals surface area contributed by atoms with Crippen molar-refractivity contribution >= 4 is 10.9 Å². The summed E-state index contributed by atoms with van der Waals surface area (Å²) in [5.74, 6) is 0.254. The molecule has 5 aromatic rings. The van der Waals surface area contributed by atoms with E-state index in [1.54, 1.807) is 24.4 Å². The Bertz CT molecular complexity index is 1520. The fourth-order valence-electron chi connectivity index (χ4n) is 3.91. The maximum Gasteiger partial charge on any atom is 0.263 e. The van der Waals surface area contributed by atoms with Crippen LogP contribution < -0.4 is 5.43 Å². The summed E-state index contributed by atoms with van der Waals surface area (Å²) in [5, 5.41) is 4.62. The van der Waals surface area contributed by atoms with E-state index in [1.807, 2.05) is 60.9 Å². The van der Waals surface area contributed by atoms with Gasteiger partial charge in [0.2, 0.25) is 11.3 Å². The van der Waals surface area contributed by atoms with Crippen LogP contribution in [0.15, 0.2) is 82.2 Å². The van der Waals surface area contributed by atoms with Crippen LogP contribution in [0.25, 0.3) is 33.7 Å². The lowest BCUT2D eigenvalue weighted by Gasteiger charge is -2.14.